The molecule has 0 spiro atoms. The van der Waals surface area contributed by atoms with Gasteiger partial charge in [0.1, 0.15) is 5.57 Å². The van der Waals surface area contributed by atoms with Crippen LogP contribution in [0.5, 0.6) is 0 Å². The average molecular weight is 138 g/mol. The fourth-order valence-corrected chi connectivity index (χ4v) is 0.733. The number of carboxylic acids is 1. The van der Waals surface area contributed by atoms with Crippen LogP contribution in [-0.4, -0.2) is 16.9 Å². The maximum Gasteiger partial charge on any atom is 0.339 e. The Morgan fingerprint density at radius 1 is 1.60 bits per heavy atom. The van der Waals surface area contributed by atoms with Crippen molar-refractivity contribution >= 4 is 11.8 Å². The summed E-state index contributed by atoms with van der Waals surface area (Å²) in [5.74, 6) is -1.47. The third-order valence-corrected chi connectivity index (χ3v) is 1.23. The number of carbonyl (C=O) groups excluding carboxylic acids is 1. The molecule has 0 heterocycles. The Balaban J connectivity index is 2.91. The second-order valence-electron chi connectivity index (χ2n) is 1.94. The van der Waals surface area contributed by atoms with Gasteiger partial charge in [-0.1, -0.05) is 12.2 Å². The van der Waals surface area contributed by atoms with Crippen molar-refractivity contribution in [2.24, 2.45) is 0 Å². The number of carbonyl (C=O) groups is 2. The molecule has 3 heteroatoms. The molecule has 0 aliphatic heterocycles. The first-order valence-electron chi connectivity index (χ1n) is 2.85. The number of rotatable bonds is 1. The lowest BCUT2D eigenvalue weighted by Gasteiger charge is -2.00. The van der Waals surface area contributed by atoms with E-state index < -0.39 is 5.97 Å². The van der Waals surface area contributed by atoms with Gasteiger partial charge in [-0.2, -0.15) is 0 Å². The molecular weight excluding hydrogens is 132 g/mol. The molecular formula is C7H6O3. The summed E-state index contributed by atoms with van der Waals surface area (Å²) in [7, 11) is 0. The second kappa shape index (κ2) is 2.47. The zero-order chi connectivity index (χ0) is 7.56. The van der Waals surface area contributed by atoms with E-state index in [1.54, 1.807) is 12.2 Å². The van der Waals surface area contributed by atoms with Gasteiger partial charge in [-0.3, -0.25) is 4.79 Å². The molecule has 1 N–H and O–H groups in total. The number of hydrogen-bond donors (Lipinski definition) is 1. The molecule has 0 unspecified atom stereocenters. The molecule has 0 radical (unpaired) electrons. The van der Waals surface area contributed by atoms with Crippen molar-refractivity contribution in [3.8, 4) is 0 Å². The molecule has 0 saturated carbocycles. The van der Waals surface area contributed by atoms with E-state index in [0.29, 0.717) is 0 Å². The Hall–Kier alpha value is -1.38. The summed E-state index contributed by atoms with van der Waals surface area (Å²) in [6.45, 7) is 0. The smallest absolute Gasteiger partial charge is 0.339 e. The predicted molar refractivity (Wildman–Crippen MR) is 34.5 cm³/mol. The summed E-state index contributed by atoms with van der Waals surface area (Å²) in [5.41, 5.74) is -0.123. The molecule has 1 rings (SSSR count). The number of Topliss-reactive ketones (excluding diaryl/α,β-unsaturated/α-hetero) is 1. The Labute approximate surface area is 57.7 Å². The van der Waals surface area contributed by atoms with Gasteiger partial charge in [-0.25, -0.2) is 4.79 Å². The van der Waals surface area contributed by atoms with Crippen molar-refractivity contribution in [1.82, 2.24) is 0 Å². The second-order valence-corrected chi connectivity index (χ2v) is 1.94. The molecule has 0 aromatic rings. The van der Waals surface area contributed by atoms with E-state index in [1.807, 2.05) is 0 Å². The van der Waals surface area contributed by atoms with E-state index in [0.717, 1.165) is 0 Å². The van der Waals surface area contributed by atoms with Gasteiger partial charge in [0.05, 0.1) is 0 Å². The molecule has 0 aromatic heterocycles. The van der Waals surface area contributed by atoms with E-state index in [9.17, 15) is 9.59 Å². The fraction of sp³-hybridized carbons (Fsp3) is 0.143. The molecule has 1 aliphatic rings. The zero-order valence-corrected chi connectivity index (χ0v) is 5.20. The van der Waals surface area contributed by atoms with Crippen molar-refractivity contribution < 1.29 is 14.7 Å². The molecule has 0 aromatic carbocycles. The SMILES string of the molecule is O=C(O)C1=CC=CCC1=O. The Morgan fingerprint density at radius 3 is 2.70 bits per heavy atom. The number of hydrogen-bond acceptors (Lipinski definition) is 2. The van der Waals surface area contributed by atoms with Crippen LogP contribution in [0, 0.1) is 0 Å². The summed E-state index contributed by atoms with van der Waals surface area (Å²) in [5, 5.41) is 8.39. The molecule has 52 valence electrons. The summed E-state index contributed by atoms with van der Waals surface area (Å²) >= 11 is 0. The monoisotopic (exact) mass is 138 g/mol. The minimum absolute atomic E-state index is 0.123. The van der Waals surface area contributed by atoms with Gasteiger partial charge >= 0.3 is 5.97 Å². The molecule has 1 aliphatic carbocycles. The van der Waals surface area contributed by atoms with Crippen LogP contribution >= 0.6 is 0 Å². The Morgan fingerprint density at radius 2 is 2.30 bits per heavy atom. The van der Waals surface area contributed by atoms with Gasteiger partial charge in [0, 0.05) is 6.42 Å². The first-order valence-corrected chi connectivity index (χ1v) is 2.85. The van der Waals surface area contributed by atoms with Gasteiger partial charge < -0.3 is 5.11 Å². The van der Waals surface area contributed by atoms with Crippen molar-refractivity contribution in [2.75, 3.05) is 0 Å². The highest BCUT2D eigenvalue weighted by atomic mass is 16.4. The van der Waals surface area contributed by atoms with Crippen molar-refractivity contribution in [3.63, 3.8) is 0 Å². The van der Waals surface area contributed by atoms with Crippen LogP contribution in [0.2, 0.25) is 0 Å². The highest BCUT2D eigenvalue weighted by molar-refractivity contribution is 6.17. The van der Waals surface area contributed by atoms with Gasteiger partial charge in [-0.05, 0) is 6.08 Å². The van der Waals surface area contributed by atoms with E-state index in [-0.39, 0.29) is 17.8 Å². The lowest BCUT2D eigenvalue weighted by Crippen LogP contribution is -2.12. The van der Waals surface area contributed by atoms with Gasteiger partial charge in [-0.15, -0.1) is 0 Å². The van der Waals surface area contributed by atoms with E-state index >= 15 is 0 Å². The quantitative estimate of drug-likeness (QED) is 0.537. The van der Waals surface area contributed by atoms with Crippen molar-refractivity contribution in [2.45, 2.75) is 6.42 Å². The summed E-state index contributed by atoms with van der Waals surface area (Å²) in [6, 6.07) is 0. The van der Waals surface area contributed by atoms with Crippen molar-refractivity contribution in [1.29, 1.82) is 0 Å². The molecule has 0 atom stereocenters. The normalized spacial score (nSPS) is 16.8. The van der Waals surface area contributed by atoms with Crippen LogP contribution in [-0.2, 0) is 9.59 Å². The summed E-state index contributed by atoms with van der Waals surface area (Å²) in [6.07, 6.45) is 4.73. The highest BCUT2D eigenvalue weighted by Gasteiger charge is 2.16. The standard InChI is InChI=1S/C7H6O3/c8-6-4-2-1-3-5(6)7(9)10/h1-3H,4H2,(H,9,10). The first kappa shape index (κ1) is 6.74. The van der Waals surface area contributed by atoms with Crippen LogP contribution in [0.1, 0.15) is 6.42 Å². The molecule has 10 heavy (non-hydrogen) atoms. The topological polar surface area (TPSA) is 54.4 Å². The summed E-state index contributed by atoms with van der Waals surface area (Å²) in [4.78, 5) is 21.0. The Bertz CT molecular complexity index is 235. The molecule has 0 bridgehead atoms. The first-order chi connectivity index (χ1) is 4.72. The maximum absolute atomic E-state index is 10.7. The number of allylic oxidation sites excluding steroid dienone is 3. The number of carboxylic acid groups (broad SMARTS) is 1. The van der Waals surface area contributed by atoms with Gasteiger partial charge in [0.15, 0.2) is 5.78 Å². The van der Waals surface area contributed by atoms with E-state index in [2.05, 4.69) is 0 Å². The lowest BCUT2D eigenvalue weighted by atomic mass is 10.0. The summed E-state index contributed by atoms with van der Waals surface area (Å²) < 4.78 is 0. The highest BCUT2D eigenvalue weighted by Crippen LogP contribution is 2.06. The lowest BCUT2D eigenvalue weighted by molar-refractivity contribution is -0.134. The van der Waals surface area contributed by atoms with Gasteiger partial charge in [0.2, 0.25) is 0 Å². The third kappa shape index (κ3) is 1.13. The average Bonchev–Trinajstić information content (AvgIpc) is 1.88. The van der Waals surface area contributed by atoms with Crippen molar-refractivity contribution in [3.05, 3.63) is 23.8 Å². The molecule has 3 nitrogen and oxygen atoms in total. The minimum Gasteiger partial charge on any atom is -0.478 e. The van der Waals surface area contributed by atoms with Crippen LogP contribution in [0.15, 0.2) is 23.8 Å². The number of aliphatic carboxylic acids is 1. The Kier molecular flexibility index (Phi) is 1.67. The van der Waals surface area contributed by atoms with Gasteiger partial charge in [0.25, 0.3) is 0 Å². The fourth-order valence-electron chi connectivity index (χ4n) is 0.733. The number of ketones is 1. The zero-order valence-electron chi connectivity index (χ0n) is 5.20. The van der Waals surface area contributed by atoms with Crippen LogP contribution in [0.25, 0.3) is 0 Å². The largest absolute Gasteiger partial charge is 0.478 e. The minimum atomic E-state index is -1.14. The maximum atomic E-state index is 10.7. The molecule has 0 amide bonds. The van der Waals surface area contributed by atoms with E-state index in [1.165, 1.54) is 6.08 Å². The molecule has 0 fully saturated rings. The third-order valence-electron chi connectivity index (χ3n) is 1.23. The predicted octanol–water partition coefficient (Wildman–Crippen LogP) is 0.526. The van der Waals surface area contributed by atoms with E-state index in [4.69, 9.17) is 5.11 Å². The van der Waals surface area contributed by atoms with Crippen LogP contribution < -0.4 is 0 Å². The molecule has 0 saturated heterocycles. The van der Waals surface area contributed by atoms with Crippen LogP contribution in [0.3, 0.4) is 0 Å². The van der Waals surface area contributed by atoms with Crippen LogP contribution in [0.4, 0.5) is 0 Å².